The highest BCUT2D eigenvalue weighted by Crippen LogP contribution is 2.30. The van der Waals surface area contributed by atoms with Gasteiger partial charge in [-0.25, -0.2) is 0 Å². The highest BCUT2D eigenvalue weighted by Gasteiger charge is 2.29. The Labute approximate surface area is 91.3 Å². The van der Waals surface area contributed by atoms with E-state index in [1.54, 1.807) is 6.92 Å². The summed E-state index contributed by atoms with van der Waals surface area (Å²) in [4.78, 5) is 0. The van der Waals surface area contributed by atoms with E-state index in [1.807, 2.05) is 12.1 Å². The second kappa shape index (κ2) is 3.95. The van der Waals surface area contributed by atoms with Crippen LogP contribution in [-0.4, -0.2) is 11.7 Å². The van der Waals surface area contributed by atoms with E-state index in [2.05, 4.69) is 24.4 Å². The molecule has 0 saturated carbocycles. The molecule has 1 aliphatic rings. The second-order valence-corrected chi connectivity index (χ2v) is 4.66. The number of rotatable bonds is 2. The molecule has 1 heterocycles. The predicted molar refractivity (Wildman–Crippen MR) is 61.7 cm³/mol. The Kier molecular flexibility index (Phi) is 2.81. The third-order valence-electron chi connectivity index (χ3n) is 3.40. The van der Waals surface area contributed by atoms with Crippen molar-refractivity contribution in [2.45, 2.75) is 38.3 Å². The highest BCUT2D eigenvalue weighted by molar-refractivity contribution is 5.29. The topological polar surface area (TPSA) is 32.3 Å². The average Bonchev–Trinajstić information content (AvgIpc) is 2.67. The molecular formula is C13H19NO. The number of hydrogen-bond acceptors (Lipinski definition) is 2. The van der Waals surface area contributed by atoms with Crippen LogP contribution in [0.4, 0.5) is 0 Å². The minimum atomic E-state index is -0.372. The van der Waals surface area contributed by atoms with E-state index in [-0.39, 0.29) is 11.6 Å². The lowest BCUT2D eigenvalue weighted by molar-refractivity contribution is 0.199. The first kappa shape index (κ1) is 10.7. The average molecular weight is 205 g/mol. The molecule has 0 amide bonds. The fourth-order valence-electron chi connectivity index (χ4n) is 2.27. The summed E-state index contributed by atoms with van der Waals surface area (Å²) in [6, 6.07) is 8.29. The fourth-order valence-corrected chi connectivity index (χ4v) is 2.27. The van der Waals surface area contributed by atoms with Crippen LogP contribution in [0, 0.1) is 0 Å². The number of nitrogens with one attached hydrogen (secondary N) is 1. The van der Waals surface area contributed by atoms with E-state index >= 15 is 0 Å². The van der Waals surface area contributed by atoms with Crippen LogP contribution >= 0.6 is 0 Å². The number of aliphatic hydroxyl groups excluding tert-OH is 1. The van der Waals surface area contributed by atoms with Crippen molar-refractivity contribution >= 4 is 0 Å². The van der Waals surface area contributed by atoms with E-state index in [0.717, 1.165) is 12.1 Å². The Morgan fingerprint density at radius 1 is 1.33 bits per heavy atom. The van der Waals surface area contributed by atoms with Crippen molar-refractivity contribution < 1.29 is 5.11 Å². The van der Waals surface area contributed by atoms with Gasteiger partial charge in [0.05, 0.1) is 6.10 Å². The predicted octanol–water partition coefficient (Wildman–Crippen LogP) is 2.34. The van der Waals surface area contributed by atoms with Gasteiger partial charge in [-0.05, 0) is 44.4 Å². The third-order valence-corrected chi connectivity index (χ3v) is 3.40. The molecule has 0 radical (unpaired) electrons. The van der Waals surface area contributed by atoms with Gasteiger partial charge in [-0.1, -0.05) is 24.3 Å². The molecule has 1 aromatic rings. The van der Waals surface area contributed by atoms with Crippen LogP contribution in [0.15, 0.2) is 24.3 Å². The van der Waals surface area contributed by atoms with Crippen LogP contribution < -0.4 is 5.32 Å². The van der Waals surface area contributed by atoms with Crippen LogP contribution in [0.5, 0.6) is 0 Å². The van der Waals surface area contributed by atoms with Gasteiger partial charge in [0.1, 0.15) is 0 Å². The molecule has 1 saturated heterocycles. The summed E-state index contributed by atoms with van der Waals surface area (Å²) in [5.41, 5.74) is 2.45. The largest absolute Gasteiger partial charge is 0.389 e. The molecule has 2 atom stereocenters. The third kappa shape index (κ3) is 2.06. The first-order valence-corrected chi connectivity index (χ1v) is 5.65. The summed E-state index contributed by atoms with van der Waals surface area (Å²) in [5.74, 6) is 0. The zero-order valence-electron chi connectivity index (χ0n) is 9.46. The Morgan fingerprint density at radius 2 is 2.00 bits per heavy atom. The van der Waals surface area contributed by atoms with Gasteiger partial charge in [-0.2, -0.15) is 0 Å². The van der Waals surface area contributed by atoms with Crippen molar-refractivity contribution in [3.8, 4) is 0 Å². The summed E-state index contributed by atoms with van der Waals surface area (Å²) < 4.78 is 0. The maximum absolute atomic E-state index is 9.43. The first-order valence-electron chi connectivity index (χ1n) is 5.65. The molecule has 1 fully saturated rings. The molecule has 0 aliphatic carbocycles. The van der Waals surface area contributed by atoms with Crippen LogP contribution in [0.2, 0.25) is 0 Å². The molecule has 0 bridgehead atoms. The van der Waals surface area contributed by atoms with Crippen LogP contribution in [0.3, 0.4) is 0 Å². The fraction of sp³-hybridized carbons (Fsp3) is 0.538. The molecule has 2 unspecified atom stereocenters. The van der Waals surface area contributed by atoms with Crippen molar-refractivity contribution in [3.63, 3.8) is 0 Å². The number of hydrogen-bond donors (Lipinski definition) is 2. The minimum absolute atomic E-state index is 0.136. The normalized spacial score (nSPS) is 27.9. The molecule has 1 aromatic carbocycles. The Balaban J connectivity index is 2.23. The quantitative estimate of drug-likeness (QED) is 0.776. The van der Waals surface area contributed by atoms with Gasteiger partial charge in [0, 0.05) is 5.54 Å². The smallest absolute Gasteiger partial charge is 0.0761 e. The lowest BCUT2D eigenvalue weighted by atomic mass is 9.89. The lowest BCUT2D eigenvalue weighted by Crippen LogP contribution is -2.32. The van der Waals surface area contributed by atoms with Gasteiger partial charge in [0.15, 0.2) is 0 Å². The van der Waals surface area contributed by atoms with Gasteiger partial charge in [0.25, 0.3) is 0 Å². The van der Waals surface area contributed by atoms with Gasteiger partial charge in [0.2, 0.25) is 0 Å². The maximum atomic E-state index is 9.43. The molecule has 2 heteroatoms. The van der Waals surface area contributed by atoms with E-state index < -0.39 is 0 Å². The summed E-state index contributed by atoms with van der Waals surface area (Å²) in [5, 5.41) is 13.0. The van der Waals surface area contributed by atoms with Gasteiger partial charge in [-0.15, -0.1) is 0 Å². The van der Waals surface area contributed by atoms with Crippen LogP contribution in [-0.2, 0) is 5.54 Å². The molecular weight excluding hydrogens is 186 g/mol. The van der Waals surface area contributed by atoms with Crippen molar-refractivity contribution in [2.24, 2.45) is 0 Å². The van der Waals surface area contributed by atoms with Gasteiger partial charge in [-0.3, -0.25) is 0 Å². The second-order valence-electron chi connectivity index (χ2n) is 4.66. The highest BCUT2D eigenvalue weighted by atomic mass is 16.3. The minimum Gasteiger partial charge on any atom is -0.389 e. The molecule has 0 spiro atoms. The Morgan fingerprint density at radius 3 is 2.47 bits per heavy atom. The first-order chi connectivity index (χ1) is 7.12. The standard InChI is InChI=1S/C13H19NO/c1-10(15)11-4-6-12(7-5-11)13(2)8-3-9-14-13/h4-7,10,14-15H,3,8-9H2,1-2H3. The van der Waals surface area contributed by atoms with Crippen LogP contribution in [0.25, 0.3) is 0 Å². The summed E-state index contributed by atoms with van der Waals surface area (Å²) >= 11 is 0. The van der Waals surface area contributed by atoms with E-state index in [1.165, 1.54) is 18.4 Å². The molecule has 2 N–H and O–H groups in total. The summed E-state index contributed by atoms with van der Waals surface area (Å²) in [6.07, 6.45) is 2.07. The number of benzene rings is 1. The zero-order chi connectivity index (χ0) is 10.9. The Bertz CT molecular complexity index is 323. The maximum Gasteiger partial charge on any atom is 0.0761 e. The molecule has 2 nitrogen and oxygen atoms in total. The number of aliphatic hydroxyl groups is 1. The SMILES string of the molecule is CC(O)c1ccc(C2(C)CCCN2)cc1. The molecule has 2 rings (SSSR count). The molecule has 0 aromatic heterocycles. The van der Waals surface area contributed by atoms with Crippen LogP contribution in [0.1, 0.15) is 43.9 Å². The van der Waals surface area contributed by atoms with Crippen molar-refractivity contribution in [2.75, 3.05) is 6.54 Å². The molecule has 82 valence electrons. The van der Waals surface area contributed by atoms with E-state index in [0.29, 0.717) is 0 Å². The van der Waals surface area contributed by atoms with Crippen molar-refractivity contribution in [1.29, 1.82) is 0 Å². The lowest BCUT2D eigenvalue weighted by Gasteiger charge is -2.25. The monoisotopic (exact) mass is 205 g/mol. The van der Waals surface area contributed by atoms with Gasteiger partial charge < -0.3 is 10.4 Å². The zero-order valence-corrected chi connectivity index (χ0v) is 9.46. The summed E-state index contributed by atoms with van der Waals surface area (Å²) in [6.45, 7) is 5.15. The van der Waals surface area contributed by atoms with Crippen molar-refractivity contribution in [3.05, 3.63) is 35.4 Å². The molecule has 1 aliphatic heterocycles. The summed E-state index contributed by atoms with van der Waals surface area (Å²) in [7, 11) is 0. The molecule has 15 heavy (non-hydrogen) atoms. The van der Waals surface area contributed by atoms with Gasteiger partial charge >= 0.3 is 0 Å². The van der Waals surface area contributed by atoms with Crippen molar-refractivity contribution in [1.82, 2.24) is 5.32 Å². The Hall–Kier alpha value is -0.860. The van der Waals surface area contributed by atoms with E-state index in [9.17, 15) is 5.11 Å². The van der Waals surface area contributed by atoms with E-state index in [4.69, 9.17) is 0 Å².